The molecular formula is C16H18N2O5. The topological polar surface area (TPSA) is 91.9 Å². The fraction of sp³-hybridized carbons (Fsp3) is 0.375. The molecule has 7 nitrogen and oxygen atoms in total. The molecule has 1 amide bonds. The molecule has 0 aliphatic carbocycles. The van der Waals surface area contributed by atoms with E-state index in [-0.39, 0.29) is 38.0 Å². The number of hydrogen-bond donors (Lipinski definition) is 2. The van der Waals surface area contributed by atoms with E-state index in [1.807, 2.05) is 0 Å². The summed E-state index contributed by atoms with van der Waals surface area (Å²) >= 11 is 0. The summed E-state index contributed by atoms with van der Waals surface area (Å²) in [6.07, 6.45) is 0.324. The number of nitrogens with one attached hydrogen (secondary N) is 1. The van der Waals surface area contributed by atoms with Crippen molar-refractivity contribution < 1.29 is 19.4 Å². The number of carbonyl (C=O) groups excluding carboxylic acids is 1. The van der Waals surface area contributed by atoms with Crippen LogP contribution in [0.25, 0.3) is 10.9 Å². The number of aliphatic hydroxyl groups is 1. The zero-order valence-corrected chi connectivity index (χ0v) is 12.8. The summed E-state index contributed by atoms with van der Waals surface area (Å²) < 4.78 is 10.6. The van der Waals surface area contributed by atoms with Crippen molar-refractivity contribution >= 4 is 16.8 Å². The van der Waals surface area contributed by atoms with Crippen molar-refractivity contribution in [2.45, 2.75) is 19.9 Å². The molecule has 2 N–H and O–H groups in total. The highest BCUT2D eigenvalue weighted by molar-refractivity contribution is 5.83. The first-order chi connectivity index (χ1) is 11.1. The van der Waals surface area contributed by atoms with Crippen LogP contribution in [0.1, 0.15) is 18.9 Å². The van der Waals surface area contributed by atoms with Crippen LogP contribution in [0.2, 0.25) is 0 Å². The van der Waals surface area contributed by atoms with Crippen LogP contribution >= 0.6 is 0 Å². The standard InChI is InChI=1S/C16H18N2O5/c1-2-15(20)18(3-4-19)8-11-5-10-6-13-14(23-9-22-13)7-12(10)17-16(11)21/h5-7,19H,2-4,8-9H2,1H3,(H,17,21). The van der Waals surface area contributed by atoms with Crippen molar-refractivity contribution in [2.75, 3.05) is 19.9 Å². The minimum absolute atomic E-state index is 0.107. The Morgan fingerprint density at radius 1 is 1.30 bits per heavy atom. The molecule has 1 aliphatic heterocycles. The molecule has 0 fully saturated rings. The van der Waals surface area contributed by atoms with Gasteiger partial charge in [0, 0.05) is 30.0 Å². The van der Waals surface area contributed by atoms with Crippen LogP contribution in [0, 0.1) is 0 Å². The Bertz CT molecular complexity index is 799. The van der Waals surface area contributed by atoms with Crippen molar-refractivity contribution in [2.24, 2.45) is 0 Å². The first-order valence-electron chi connectivity index (χ1n) is 7.46. The lowest BCUT2D eigenvalue weighted by molar-refractivity contribution is -0.132. The van der Waals surface area contributed by atoms with Gasteiger partial charge in [0.2, 0.25) is 12.7 Å². The molecule has 0 saturated carbocycles. The smallest absolute Gasteiger partial charge is 0.253 e. The summed E-state index contributed by atoms with van der Waals surface area (Å²) in [5, 5.41) is 9.90. The quantitative estimate of drug-likeness (QED) is 0.858. The molecule has 1 aliphatic rings. The monoisotopic (exact) mass is 318 g/mol. The van der Waals surface area contributed by atoms with E-state index in [4.69, 9.17) is 14.6 Å². The largest absolute Gasteiger partial charge is 0.454 e. The third kappa shape index (κ3) is 3.00. The molecule has 0 spiro atoms. The van der Waals surface area contributed by atoms with E-state index in [2.05, 4.69) is 4.98 Å². The highest BCUT2D eigenvalue weighted by Gasteiger charge is 2.17. The van der Waals surface area contributed by atoms with Gasteiger partial charge in [-0.05, 0) is 12.1 Å². The van der Waals surface area contributed by atoms with E-state index in [0.717, 1.165) is 5.39 Å². The number of H-pyrrole nitrogens is 1. The van der Waals surface area contributed by atoms with Crippen molar-refractivity contribution in [3.63, 3.8) is 0 Å². The Hall–Kier alpha value is -2.54. The summed E-state index contributed by atoms with van der Waals surface area (Å²) in [7, 11) is 0. The van der Waals surface area contributed by atoms with E-state index >= 15 is 0 Å². The fourth-order valence-electron chi connectivity index (χ4n) is 2.60. The van der Waals surface area contributed by atoms with E-state index in [9.17, 15) is 9.59 Å². The Morgan fingerprint density at radius 2 is 2.04 bits per heavy atom. The van der Waals surface area contributed by atoms with Gasteiger partial charge in [-0.2, -0.15) is 0 Å². The van der Waals surface area contributed by atoms with Gasteiger partial charge in [-0.1, -0.05) is 6.92 Å². The van der Waals surface area contributed by atoms with Gasteiger partial charge in [0.25, 0.3) is 5.56 Å². The van der Waals surface area contributed by atoms with E-state index in [0.29, 0.717) is 29.0 Å². The van der Waals surface area contributed by atoms with Crippen LogP contribution in [0.15, 0.2) is 23.0 Å². The molecule has 0 atom stereocenters. The van der Waals surface area contributed by atoms with Crippen molar-refractivity contribution in [1.29, 1.82) is 0 Å². The predicted molar refractivity (Wildman–Crippen MR) is 83.5 cm³/mol. The maximum absolute atomic E-state index is 12.3. The number of fused-ring (bicyclic) bond motifs is 2. The highest BCUT2D eigenvalue weighted by Crippen LogP contribution is 2.35. The third-order valence-corrected chi connectivity index (χ3v) is 3.80. The van der Waals surface area contributed by atoms with Gasteiger partial charge in [-0.3, -0.25) is 9.59 Å². The zero-order chi connectivity index (χ0) is 16.4. The molecular weight excluding hydrogens is 300 g/mol. The lowest BCUT2D eigenvalue weighted by Crippen LogP contribution is -2.34. The SMILES string of the molecule is CCC(=O)N(CCO)Cc1cc2cc3c(cc2[nH]c1=O)OCO3. The van der Waals surface area contributed by atoms with Gasteiger partial charge in [-0.25, -0.2) is 0 Å². The number of hydrogen-bond acceptors (Lipinski definition) is 5. The molecule has 23 heavy (non-hydrogen) atoms. The Labute approximate surface area is 132 Å². The van der Waals surface area contributed by atoms with E-state index < -0.39 is 0 Å². The summed E-state index contributed by atoms with van der Waals surface area (Å²) in [6.45, 7) is 2.13. The number of pyridine rings is 1. The molecule has 122 valence electrons. The zero-order valence-electron chi connectivity index (χ0n) is 12.8. The molecule has 7 heteroatoms. The molecule has 2 heterocycles. The maximum Gasteiger partial charge on any atom is 0.253 e. The van der Waals surface area contributed by atoms with Crippen LogP contribution < -0.4 is 15.0 Å². The first-order valence-corrected chi connectivity index (χ1v) is 7.46. The molecule has 3 rings (SSSR count). The Morgan fingerprint density at radius 3 is 2.74 bits per heavy atom. The molecule has 2 aromatic rings. The number of aliphatic hydroxyl groups excluding tert-OH is 1. The molecule has 0 radical (unpaired) electrons. The minimum Gasteiger partial charge on any atom is -0.454 e. The second kappa shape index (κ2) is 6.29. The van der Waals surface area contributed by atoms with E-state index in [1.54, 1.807) is 25.1 Å². The summed E-state index contributed by atoms with van der Waals surface area (Å²) in [5.74, 6) is 1.13. The maximum atomic E-state index is 12.3. The third-order valence-electron chi connectivity index (χ3n) is 3.80. The number of benzene rings is 1. The van der Waals surface area contributed by atoms with Crippen molar-refractivity contribution in [3.05, 3.63) is 34.1 Å². The fourth-order valence-corrected chi connectivity index (χ4v) is 2.60. The number of aromatic nitrogens is 1. The minimum atomic E-state index is -0.261. The number of nitrogens with zero attached hydrogens (tertiary/aromatic N) is 1. The van der Waals surface area contributed by atoms with Crippen molar-refractivity contribution in [1.82, 2.24) is 9.88 Å². The highest BCUT2D eigenvalue weighted by atomic mass is 16.7. The summed E-state index contributed by atoms with van der Waals surface area (Å²) in [5.41, 5.74) is 0.855. The summed E-state index contributed by atoms with van der Waals surface area (Å²) in [4.78, 5) is 28.4. The van der Waals surface area contributed by atoms with Gasteiger partial charge in [-0.15, -0.1) is 0 Å². The number of aromatic amines is 1. The normalized spacial score (nSPS) is 12.6. The molecule has 0 bridgehead atoms. The van der Waals surface area contributed by atoms with Gasteiger partial charge >= 0.3 is 0 Å². The van der Waals surface area contributed by atoms with Crippen LogP contribution in [0.4, 0.5) is 0 Å². The predicted octanol–water partition coefficient (Wildman–Crippen LogP) is 0.988. The Kier molecular flexibility index (Phi) is 4.20. The average molecular weight is 318 g/mol. The van der Waals surface area contributed by atoms with Gasteiger partial charge in [0.05, 0.1) is 18.7 Å². The van der Waals surface area contributed by atoms with Crippen LogP contribution in [-0.4, -0.2) is 40.8 Å². The average Bonchev–Trinajstić information content (AvgIpc) is 2.99. The van der Waals surface area contributed by atoms with Gasteiger partial charge in [0.15, 0.2) is 11.5 Å². The van der Waals surface area contributed by atoms with Crippen LogP contribution in [0.3, 0.4) is 0 Å². The lowest BCUT2D eigenvalue weighted by Gasteiger charge is -2.21. The number of amides is 1. The lowest BCUT2D eigenvalue weighted by atomic mass is 10.1. The molecule has 1 aromatic carbocycles. The number of carbonyl (C=O) groups is 1. The second-order valence-corrected chi connectivity index (χ2v) is 5.31. The van der Waals surface area contributed by atoms with Crippen LogP contribution in [0.5, 0.6) is 11.5 Å². The van der Waals surface area contributed by atoms with Gasteiger partial charge < -0.3 is 24.5 Å². The molecule has 1 aromatic heterocycles. The second-order valence-electron chi connectivity index (χ2n) is 5.31. The Balaban J connectivity index is 1.97. The van der Waals surface area contributed by atoms with Crippen LogP contribution in [-0.2, 0) is 11.3 Å². The molecule has 0 saturated heterocycles. The number of rotatable bonds is 5. The summed E-state index contributed by atoms with van der Waals surface area (Å²) in [6, 6.07) is 5.27. The first kappa shape index (κ1) is 15.4. The number of ether oxygens (including phenoxy) is 2. The van der Waals surface area contributed by atoms with Gasteiger partial charge in [0.1, 0.15) is 0 Å². The van der Waals surface area contributed by atoms with Crippen molar-refractivity contribution in [3.8, 4) is 11.5 Å². The molecule has 0 unspecified atom stereocenters. The van der Waals surface area contributed by atoms with E-state index in [1.165, 1.54) is 4.90 Å².